The number of rotatable bonds is 12. The maximum atomic E-state index is 13.6. The number of benzene rings is 3. The lowest BCUT2D eigenvalue weighted by Gasteiger charge is -2.33. The van der Waals surface area contributed by atoms with Gasteiger partial charge in [0.15, 0.2) is 0 Å². The van der Waals surface area contributed by atoms with Crippen molar-refractivity contribution in [2.75, 3.05) is 11.8 Å². The summed E-state index contributed by atoms with van der Waals surface area (Å²) in [6.45, 7) is 7.55. The van der Waals surface area contributed by atoms with E-state index in [-0.39, 0.29) is 41.5 Å². The van der Waals surface area contributed by atoms with Crippen molar-refractivity contribution in [1.82, 2.24) is 15.4 Å². The van der Waals surface area contributed by atoms with Gasteiger partial charge in [-0.15, -0.1) is 0 Å². The molecule has 0 saturated carbocycles. The van der Waals surface area contributed by atoms with Crippen molar-refractivity contribution in [2.24, 2.45) is 5.92 Å². The van der Waals surface area contributed by atoms with Crippen LogP contribution in [0.25, 0.3) is 11.1 Å². The van der Waals surface area contributed by atoms with E-state index in [2.05, 4.69) is 15.2 Å². The standard InChI is InChI=1S/C33H38N4O5S/c1-22(2)31(32(39)34-5)37(30(38)20-17-25-11-7-6-8-12-25)21-26-15-18-27(19-16-26)28-13-9-10-14-29(28)43(40,41)36-33-23(3)24(4)35-42-33/h6-16,18-19,22,31,36H,17,20-21H2,1-5H3,(H,34,39). The number of aryl methyl sites for hydroxylation is 2. The lowest BCUT2D eigenvalue weighted by atomic mass is 9.98. The van der Waals surface area contributed by atoms with Crippen molar-refractivity contribution in [2.45, 2.75) is 58.0 Å². The molecule has 1 aromatic heterocycles. The zero-order chi connectivity index (χ0) is 31.1. The van der Waals surface area contributed by atoms with Crippen molar-refractivity contribution in [1.29, 1.82) is 0 Å². The van der Waals surface area contributed by atoms with Gasteiger partial charge in [0, 0.05) is 31.1 Å². The van der Waals surface area contributed by atoms with Crippen LogP contribution in [0, 0.1) is 19.8 Å². The van der Waals surface area contributed by atoms with Crippen LogP contribution in [0.5, 0.6) is 0 Å². The topological polar surface area (TPSA) is 122 Å². The highest BCUT2D eigenvalue weighted by atomic mass is 32.2. The van der Waals surface area contributed by atoms with Crippen LogP contribution >= 0.6 is 0 Å². The SMILES string of the molecule is CNC(=O)C(C(C)C)N(Cc1ccc(-c2ccccc2S(=O)(=O)Nc2onc(C)c2C)cc1)C(=O)CCc1ccccc1. The van der Waals surface area contributed by atoms with Crippen molar-refractivity contribution in [3.63, 3.8) is 0 Å². The van der Waals surface area contributed by atoms with Crippen LogP contribution in [-0.4, -0.2) is 43.4 Å². The number of hydrogen-bond acceptors (Lipinski definition) is 6. The fourth-order valence-corrected chi connectivity index (χ4v) is 6.22. The van der Waals surface area contributed by atoms with E-state index in [1.165, 1.54) is 6.07 Å². The molecule has 0 fully saturated rings. The van der Waals surface area contributed by atoms with Gasteiger partial charge in [0.25, 0.3) is 10.0 Å². The average Bonchev–Trinajstić information content (AvgIpc) is 3.31. The van der Waals surface area contributed by atoms with Gasteiger partial charge in [-0.1, -0.05) is 91.8 Å². The number of carbonyl (C=O) groups excluding carboxylic acids is 2. The molecule has 1 unspecified atom stereocenters. The lowest BCUT2D eigenvalue weighted by Crippen LogP contribution is -2.51. The molecule has 4 aromatic rings. The molecule has 2 amide bonds. The van der Waals surface area contributed by atoms with Gasteiger partial charge in [0.05, 0.1) is 10.6 Å². The summed E-state index contributed by atoms with van der Waals surface area (Å²) in [7, 11) is -2.41. The fraction of sp³-hybridized carbons (Fsp3) is 0.303. The van der Waals surface area contributed by atoms with E-state index in [1.807, 2.05) is 68.4 Å². The van der Waals surface area contributed by atoms with Gasteiger partial charge in [-0.3, -0.25) is 9.59 Å². The van der Waals surface area contributed by atoms with Crippen LogP contribution in [0.3, 0.4) is 0 Å². The molecule has 0 aliphatic rings. The summed E-state index contributed by atoms with van der Waals surface area (Å²) in [5, 5.41) is 6.54. The Kier molecular flexibility index (Phi) is 10.0. The molecule has 4 rings (SSSR count). The van der Waals surface area contributed by atoms with E-state index >= 15 is 0 Å². The first-order valence-electron chi connectivity index (χ1n) is 14.2. The van der Waals surface area contributed by atoms with Crippen LogP contribution < -0.4 is 10.0 Å². The Morgan fingerprint density at radius 1 is 0.907 bits per heavy atom. The smallest absolute Gasteiger partial charge is 0.264 e. The van der Waals surface area contributed by atoms with Gasteiger partial charge in [0.1, 0.15) is 6.04 Å². The van der Waals surface area contributed by atoms with Crippen molar-refractivity contribution < 1.29 is 22.5 Å². The van der Waals surface area contributed by atoms with Crippen LogP contribution in [-0.2, 0) is 32.6 Å². The van der Waals surface area contributed by atoms with E-state index in [0.717, 1.165) is 11.1 Å². The Bertz CT molecular complexity index is 1670. The molecule has 0 spiro atoms. The predicted molar refractivity (Wildman–Crippen MR) is 167 cm³/mol. The van der Waals surface area contributed by atoms with Gasteiger partial charge < -0.3 is 14.7 Å². The second-order valence-electron chi connectivity index (χ2n) is 10.8. The molecule has 1 atom stereocenters. The van der Waals surface area contributed by atoms with Gasteiger partial charge in [-0.05, 0) is 48.9 Å². The minimum absolute atomic E-state index is 0.0792. The van der Waals surface area contributed by atoms with Gasteiger partial charge >= 0.3 is 0 Å². The van der Waals surface area contributed by atoms with E-state index in [1.54, 1.807) is 44.0 Å². The Hall–Kier alpha value is -4.44. The third-order valence-electron chi connectivity index (χ3n) is 7.45. The van der Waals surface area contributed by atoms with Crippen molar-refractivity contribution in [3.8, 4) is 11.1 Å². The highest BCUT2D eigenvalue weighted by Crippen LogP contribution is 2.30. The molecule has 0 radical (unpaired) electrons. The van der Waals surface area contributed by atoms with Crippen LogP contribution in [0.4, 0.5) is 5.88 Å². The second-order valence-corrected chi connectivity index (χ2v) is 12.5. The molecule has 3 aromatic carbocycles. The van der Waals surface area contributed by atoms with Gasteiger partial charge in [-0.2, -0.15) is 0 Å². The maximum absolute atomic E-state index is 13.6. The van der Waals surface area contributed by atoms with E-state index in [0.29, 0.717) is 28.8 Å². The summed E-state index contributed by atoms with van der Waals surface area (Å²) < 4.78 is 34.4. The summed E-state index contributed by atoms with van der Waals surface area (Å²) in [4.78, 5) is 28.2. The number of nitrogens with one attached hydrogen (secondary N) is 2. The lowest BCUT2D eigenvalue weighted by molar-refractivity contribution is -0.142. The largest absolute Gasteiger partial charge is 0.357 e. The average molecular weight is 603 g/mol. The summed E-state index contributed by atoms with van der Waals surface area (Å²) in [5.41, 5.74) is 4.28. The minimum Gasteiger partial charge on any atom is -0.357 e. The number of sulfonamides is 1. The first kappa shape index (κ1) is 31.5. The third-order valence-corrected chi connectivity index (χ3v) is 8.84. The molecule has 2 N–H and O–H groups in total. The molecular weight excluding hydrogens is 564 g/mol. The fourth-order valence-electron chi connectivity index (χ4n) is 4.95. The van der Waals surface area contributed by atoms with Gasteiger partial charge in [-0.25, -0.2) is 13.1 Å². The third kappa shape index (κ3) is 7.50. The summed E-state index contributed by atoms with van der Waals surface area (Å²) in [5.74, 6) is -0.365. The number of nitrogens with zero attached hydrogens (tertiary/aromatic N) is 2. The molecule has 9 nitrogen and oxygen atoms in total. The number of likely N-dealkylation sites (N-methyl/N-ethyl adjacent to an activating group) is 1. The molecule has 0 aliphatic carbocycles. The summed E-state index contributed by atoms with van der Waals surface area (Å²) in [6, 6.07) is 23.2. The molecular formula is C33H38N4O5S. The molecule has 10 heteroatoms. The molecule has 0 bridgehead atoms. The summed E-state index contributed by atoms with van der Waals surface area (Å²) >= 11 is 0. The second kappa shape index (κ2) is 13.7. The van der Waals surface area contributed by atoms with Crippen molar-refractivity contribution >= 4 is 27.7 Å². The molecule has 226 valence electrons. The van der Waals surface area contributed by atoms with Gasteiger partial charge in [0.2, 0.25) is 17.7 Å². The first-order valence-corrected chi connectivity index (χ1v) is 15.7. The number of carbonyl (C=O) groups is 2. The van der Waals surface area contributed by atoms with E-state index in [4.69, 9.17) is 4.52 Å². The Balaban J connectivity index is 1.60. The summed E-state index contributed by atoms with van der Waals surface area (Å²) in [6.07, 6.45) is 0.838. The molecule has 1 heterocycles. The van der Waals surface area contributed by atoms with E-state index < -0.39 is 16.1 Å². The number of anilines is 1. The van der Waals surface area contributed by atoms with Crippen LogP contribution in [0.15, 0.2) is 88.3 Å². The quantitative estimate of drug-likeness (QED) is 0.221. The van der Waals surface area contributed by atoms with Crippen LogP contribution in [0.2, 0.25) is 0 Å². The Morgan fingerprint density at radius 2 is 1.56 bits per heavy atom. The monoisotopic (exact) mass is 602 g/mol. The number of hydrogen-bond donors (Lipinski definition) is 2. The first-order chi connectivity index (χ1) is 20.5. The zero-order valence-corrected chi connectivity index (χ0v) is 25.9. The van der Waals surface area contributed by atoms with Crippen LogP contribution in [0.1, 0.15) is 42.7 Å². The highest BCUT2D eigenvalue weighted by molar-refractivity contribution is 7.92. The van der Waals surface area contributed by atoms with E-state index in [9.17, 15) is 18.0 Å². The predicted octanol–water partition coefficient (Wildman–Crippen LogP) is 5.49. The maximum Gasteiger partial charge on any atom is 0.264 e. The molecule has 43 heavy (non-hydrogen) atoms. The normalized spacial score (nSPS) is 12.1. The van der Waals surface area contributed by atoms with Crippen molar-refractivity contribution in [3.05, 3.63) is 101 Å². The minimum atomic E-state index is -3.99. The number of aromatic nitrogens is 1. The number of amides is 2. The molecule has 0 saturated heterocycles. The zero-order valence-electron chi connectivity index (χ0n) is 25.1. The Labute approximate surface area is 253 Å². The Morgan fingerprint density at radius 3 is 2.16 bits per heavy atom. The highest BCUT2D eigenvalue weighted by Gasteiger charge is 2.32. The molecule has 0 aliphatic heterocycles.